The molecular formula is C12H19F3N2O4. The second kappa shape index (κ2) is 5.36. The quantitative estimate of drug-likeness (QED) is 0.798. The van der Waals surface area contributed by atoms with Crippen LogP contribution in [0.25, 0.3) is 0 Å². The van der Waals surface area contributed by atoms with Crippen molar-refractivity contribution in [1.82, 2.24) is 10.2 Å². The van der Waals surface area contributed by atoms with Crippen LogP contribution in [0.4, 0.5) is 18.0 Å². The third kappa shape index (κ3) is 4.48. The maximum Gasteiger partial charge on any atom is 0.471 e. The Morgan fingerprint density at radius 2 is 1.76 bits per heavy atom. The van der Waals surface area contributed by atoms with Crippen LogP contribution in [0.15, 0.2) is 0 Å². The summed E-state index contributed by atoms with van der Waals surface area (Å²) >= 11 is 0. The minimum Gasteiger partial charge on any atom is -0.444 e. The van der Waals surface area contributed by atoms with Gasteiger partial charge in [-0.3, -0.25) is 4.79 Å². The molecule has 1 saturated heterocycles. The Hall–Kier alpha value is -1.51. The van der Waals surface area contributed by atoms with Crippen molar-refractivity contribution in [2.75, 3.05) is 13.1 Å². The Kier molecular flexibility index (Phi) is 4.48. The molecule has 1 fully saturated rings. The smallest absolute Gasteiger partial charge is 0.444 e. The van der Waals surface area contributed by atoms with Crippen molar-refractivity contribution in [2.24, 2.45) is 0 Å². The molecule has 0 spiro atoms. The summed E-state index contributed by atoms with van der Waals surface area (Å²) in [5, 5.41) is 11.8. The number of rotatable bonds is 2. The Morgan fingerprint density at radius 3 is 2.14 bits per heavy atom. The van der Waals surface area contributed by atoms with Crippen LogP contribution in [-0.2, 0) is 9.53 Å². The number of ether oxygens (including phenoxy) is 1. The van der Waals surface area contributed by atoms with E-state index in [2.05, 4.69) is 0 Å². The normalized spacial score (nSPS) is 19.5. The van der Waals surface area contributed by atoms with Crippen LogP contribution in [0.3, 0.4) is 0 Å². The topological polar surface area (TPSA) is 78.9 Å². The van der Waals surface area contributed by atoms with E-state index in [9.17, 15) is 27.9 Å². The minimum atomic E-state index is -5.01. The molecule has 1 atom stereocenters. The largest absolute Gasteiger partial charge is 0.471 e. The highest BCUT2D eigenvalue weighted by atomic mass is 19.4. The molecule has 1 heterocycles. The van der Waals surface area contributed by atoms with Gasteiger partial charge in [-0.1, -0.05) is 0 Å². The number of aliphatic hydroxyl groups is 1. The molecule has 1 rings (SSSR count). The summed E-state index contributed by atoms with van der Waals surface area (Å²) in [6.07, 6.45) is -5.68. The van der Waals surface area contributed by atoms with E-state index < -0.39 is 35.4 Å². The van der Waals surface area contributed by atoms with Gasteiger partial charge in [-0.15, -0.1) is 0 Å². The summed E-state index contributed by atoms with van der Waals surface area (Å²) in [4.78, 5) is 23.6. The van der Waals surface area contributed by atoms with Crippen LogP contribution in [0.5, 0.6) is 0 Å². The van der Waals surface area contributed by atoms with Crippen LogP contribution in [0, 0.1) is 0 Å². The van der Waals surface area contributed by atoms with E-state index in [1.807, 2.05) is 0 Å². The average Bonchev–Trinajstić information content (AvgIpc) is 2.20. The van der Waals surface area contributed by atoms with Gasteiger partial charge in [0.2, 0.25) is 0 Å². The van der Waals surface area contributed by atoms with E-state index >= 15 is 0 Å². The first-order valence-corrected chi connectivity index (χ1v) is 6.32. The van der Waals surface area contributed by atoms with E-state index in [1.165, 1.54) is 6.92 Å². The SMILES string of the molecule is CC(NC(=O)C(F)(F)F)C1(O)CN(C(=O)OC(C)(C)C)C1. The second-order valence-corrected chi connectivity index (χ2v) is 6.13. The van der Waals surface area contributed by atoms with Crippen molar-refractivity contribution in [2.45, 2.75) is 51.1 Å². The lowest BCUT2D eigenvalue weighted by atomic mass is 9.87. The molecule has 6 nitrogen and oxygen atoms in total. The standard InChI is InChI=1S/C12H19F3N2O4/c1-7(16-8(18)12(13,14)15)11(20)5-17(6-11)9(19)21-10(2,3)4/h7,20H,5-6H2,1-4H3,(H,16,18). The van der Waals surface area contributed by atoms with Crippen LogP contribution in [-0.4, -0.2) is 58.5 Å². The number of halogens is 3. The summed E-state index contributed by atoms with van der Waals surface area (Å²) in [6.45, 7) is 5.84. The number of nitrogens with one attached hydrogen (secondary N) is 1. The summed E-state index contributed by atoms with van der Waals surface area (Å²) in [6, 6.07) is -1.15. The maximum atomic E-state index is 12.1. The molecule has 0 aliphatic carbocycles. The van der Waals surface area contributed by atoms with Gasteiger partial charge in [-0.25, -0.2) is 4.79 Å². The van der Waals surface area contributed by atoms with Gasteiger partial charge in [0.25, 0.3) is 0 Å². The third-order valence-electron chi connectivity index (χ3n) is 2.99. The van der Waals surface area contributed by atoms with Crippen molar-refractivity contribution < 1.29 is 32.6 Å². The first kappa shape index (κ1) is 17.5. The van der Waals surface area contributed by atoms with E-state index in [0.29, 0.717) is 0 Å². The molecule has 0 aromatic heterocycles. The highest BCUT2D eigenvalue weighted by Gasteiger charge is 2.51. The van der Waals surface area contributed by atoms with Crippen LogP contribution >= 0.6 is 0 Å². The fourth-order valence-corrected chi connectivity index (χ4v) is 1.76. The van der Waals surface area contributed by atoms with E-state index in [1.54, 1.807) is 26.1 Å². The Morgan fingerprint density at radius 1 is 1.29 bits per heavy atom. The molecule has 1 aliphatic heterocycles. The van der Waals surface area contributed by atoms with E-state index in [0.717, 1.165) is 4.90 Å². The average molecular weight is 312 g/mol. The molecule has 0 bridgehead atoms. The van der Waals surface area contributed by atoms with Crippen molar-refractivity contribution in [3.8, 4) is 0 Å². The predicted molar refractivity (Wildman–Crippen MR) is 66.4 cm³/mol. The number of likely N-dealkylation sites (tertiary alicyclic amines) is 1. The van der Waals surface area contributed by atoms with Gasteiger partial charge >= 0.3 is 18.2 Å². The molecule has 1 aliphatic rings. The Bertz CT molecular complexity index is 425. The molecule has 122 valence electrons. The maximum absolute atomic E-state index is 12.1. The number of carbonyl (C=O) groups is 2. The fraction of sp³-hybridized carbons (Fsp3) is 0.833. The Balaban J connectivity index is 2.53. The highest BCUT2D eigenvalue weighted by molar-refractivity contribution is 5.82. The van der Waals surface area contributed by atoms with Gasteiger partial charge in [0.15, 0.2) is 0 Å². The lowest BCUT2D eigenvalue weighted by Gasteiger charge is -2.49. The molecule has 0 saturated carbocycles. The number of nitrogens with zero attached hydrogens (tertiary/aromatic N) is 1. The zero-order valence-corrected chi connectivity index (χ0v) is 12.2. The fourth-order valence-electron chi connectivity index (χ4n) is 1.76. The zero-order valence-electron chi connectivity index (χ0n) is 12.2. The lowest BCUT2D eigenvalue weighted by molar-refractivity contribution is -0.178. The number of β-amino-alcohol motifs (C(OH)–C–C–N with tert-alkyl or cyclic N) is 1. The van der Waals surface area contributed by atoms with Crippen LogP contribution < -0.4 is 5.32 Å². The van der Waals surface area contributed by atoms with Gasteiger partial charge in [0.1, 0.15) is 11.2 Å². The number of carbonyl (C=O) groups excluding carboxylic acids is 2. The van der Waals surface area contributed by atoms with Gasteiger partial charge in [0, 0.05) is 0 Å². The van der Waals surface area contributed by atoms with Crippen molar-refractivity contribution in [1.29, 1.82) is 0 Å². The summed E-state index contributed by atoms with van der Waals surface area (Å²) in [5.74, 6) is -2.13. The molecule has 2 N–H and O–H groups in total. The Labute approximate surface area is 120 Å². The van der Waals surface area contributed by atoms with Gasteiger partial charge in [-0.05, 0) is 27.7 Å². The van der Waals surface area contributed by atoms with Gasteiger partial charge in [-0.2, -0.15) is 13.2 Å². The number of hydrogen-bond donors (Lipinski definition) is 2. The zero-order chi connectivity index (χ0) is 16.6. The second-order valence-electron chi connectivity index (χ2n) is 6.13. The molecular weight excluding hydrogens is 293 g/mol. The predicted octanol–water partition coefficient (Wildman–Crippen LogP) is 1.04. The monoisotopic (exact) mass is 312 g/mol. The molecule has 0 aromatic rings. The minimum absolute atomic E-state index is 0.207. The summed E-state index contributed by atoms with van der Waals surface area (Å²) in [5.41, 5.74) is -2.31. The third-order valence-corrected chi connectivity index (χ3v) is 2.99. The number of hydrogen-bond acceptors (Lipinski definition) is 4. The summed E-state index contributed by atoms with van der Waals surface area (Å²) in [7, 11) is 0. The van der Waals surface area contributed by atoms with E-state index in [-0.39, 0.29) is 13.1 Å². The lowest BCUT2D eigenvalue weighted by Crippen LogP contribution is -2.72. The number of amides is 2. The van der Waals surface area contributed by atoms with Crippen molar-refractivity contribution >= 4 is 12.0 Å². The molecule has 0 aromatic carbocycles. The molecule has 2 amide bonds. The van der Waals surface area contributed by atoms with Gasteiger partial charge in [0.05, 0.1) is 19.1 Å². The highest BCUT2D eigenvalue weighted by Crippen LogP contribution is 2.27. The van der Waals surface area contributed by atoms with Gasteiger partial charge < -0.3 is 20.1 Å². The first-order chi connectivity index (χ1) is 9.24. The van der Waals surface area contributed by atoms with Crippen LogP contribution in [0.1, 0.15) is 27.7 Å². The van der Waals surface area contributed by atoms with E-state index in [4.69, 9.17) is 4.74 Å². The molecule has 0 radical (unpaired) electrons. The van der Waals surface area contributed by atoms with Crippen molar-refractivity contribution in [3.63, 3.8) is 0 Å². The molecule has 21 heavy (non-hydrogen) atoms. The van der Waals surface area contributed by atoms with Crippen molar-refractivity contribution in [3.05, 3.63) is 0 Å². The van der Waals surface area contributed by atoms with Crippen LogP contribution in [0.2, 0.25) is 0 Å². The number of alkyl halides is 3. The molecule has 9 heteroatoms. The summed E-state index contributed by atoms with van der Waals surface area (Å²) < 4.78 is 41.5. The molecule has 1 unspecified atom stereocenters. The first-order valence-electron chi connectivity index (χ1n) is 6.32.